The molecule has 0 spiro atoms. The van der Waals surface area contributed by atoms with Gasteiger partial charge in [-0.25, -0.2) is 0 Å². The highest BCUT2D eigenvalue weighted by Gasteiger charge is 2.31. The van der Waals surface area contributed by atoms with Crippen LogP contribution in [0.2, 0.25) is 0 Å². The quantitative estimate of drug-likeness (QED) is 0.674. The zero-order chi connectivity index (χ0) is 14.9. The summed E-state index contributed by atoms with van der Waals surface area (Å²) in [4.78, 5) is 24.5. The molecular weight excluding hydrogens is 260 g/mol. The van der Waals surface area contributed by atoms with E-state index in [4.69, 9.17) is 0 Å². The van der Waals surface area contributed by atoms with Gasteiger partial charge >= 0.3 is 0 Å². The number of nitrogens with zero attached hydrogens (tertiary/aromatic N) is 2. The van der Waals surface area contributed by atoms with Gasteiger partial charge in [-0.05, 0) is 26.3 Å². The molecule has 1 aromatic carbocycles. The molecule has 20 heavy (non-hydrogen) atoms. The Bertz CT molecular complexity index is 542. The lowest BCUT2D eigenvalue weighted by Crippen LogP contribution is -2.31. The van der Waals surface area contributed by atoms with Crippen LogP contribution in [0.15, 0.2) is 18.2 Å². The first-order chi connectivity index (χ1) is 9.41. The van der Waals surface area contributed by atoms with E-state index < -0.39 is 11.0 Å². The predicted molar refractivity (Wildman–Crippen MR) is 73.5 cm³/mol. The Kier molecular flexibility index (Phi) is 4.04. The summed E-state index contributed by atoms with van der Waals surface area (Å²) in [5, 5.41) is 20.5. The van der Waals surface area contributed by atoms with Crippen LogP contribution in [0.25, 0.3) is 0 Å². The number of hydrogen-bond donors (Lipinski definition) is 1. The number of rotatable bonds is 3. The molecule has 0 saturated carbocycles. The monoisotopic (exact) mass is 278 g/mol. The molecule has 1 aromatic rings. The average Bonchev–Trinajstić information content (AvgIpc) is 2.87. The Morgan fingerprint density at radius 3 is 2.80 bits per heavy atom. The summed E-state index contributed by atoms with van der Waals surface area (Å²) < 4.78 is 0. The number of nitro benzene ring substituents is 1. The van der Waals surface area contributed by atoms with E-state index in [0.717, 1.165) is 6.42 Å². The summed E-state index contributed by atoms with van der Waals surface area (Å²) in [7, 11) is 0. The van der Waals surface area contributed by atoms with Gasteiger partial charge in [0.2, 0.25) is 0 Å². The number of nitro groups is 1. The van der Waals surface area contributed by atoms with Crippen molar-refractivity contribution in [1.82, 2.24) is 4.90 Å². The average molecular weight is 278 g/mol. The first kappa shape index (κ1) is 14.5. The first-order valence-electron chi connectivity index (χ1n) is 6.63. The number of hydrogen-bond acceptors (Lipinski definition) is 4. The lowest BCUT2D eigenvalue weighted by molar-refractivity contribution is -0.385. The van der Waals surface area contributed by atoms with E-state index in [0.29, 0.717) is 24.2 Å². The normalized spacial score (nSPS) is 19.9. The second-order valence-corrected chi connectivity index (χ2v) is 5.25. The van der Waals surface area contributed by atoms with Gasteiger partial charge in [-0.1, -0.05) is 6.07 Å². The van der Waals surface area contributed by atoms with Crippen LogP contribution in [-0.4, -0.2) is 40.0 Å². The standard InChI is InChI=1S/C14H18N2O4/c1-9-12(4-3-5-13(9)16(19)20)14(18)15-7-6-11(8-15)10(2)17/h3-5,10-11,17H,6-8H2,1-2H3. The van der Waals surface area contributed by atoms with E-state index in [9.17, 15) is 20.0 Å². The Balaban J connectivity index is 2.23. The van der Waals surface area contributed by atoms with Gasteiger partial charge in [-0.2, -0.15) is 0 Å². The molecule has 6 nitrogen and oxygen atoms in total. The van der Waals surface area contributed by atoms with E-state index in [-0.39, 0.29) is 17.5 Å². The molecule has 1 aliphatic rings. The highest BCUT2D eigenvalue weighted by Crippen LogP contribution is 2.26. The van der Waals surface area contributed by atoms with Gasteiger partial charge in [-0.3, -0.25) is 14.9 Å². The van der Waals surface area contributed by atoms with Crippen LogP contribution in [0.3, 0.4) is 0 Å². The zero-order valence-corrected chi connectivity index (χ0v) is 11.6. The van der Waals surface area contributed by atoms with Crippen molar-refractivity contribution < 1.29 is 14.8 Å². The molecular formula is C14H18N2O4. The molecule has 1 saturated heterocycles. The molecule has 0 radical (unpaired) electrons. The third kappa shape index (κ3) is 2.65. The SMILES string of the molecule is Cc1c(C(=O)N2CCC(C(C)O)C2)cccc1[N+](=O)[O-]. The van der Waals surface area contributed by atoms with Gasteiger partial charge in [0.25, 0.3) is 11.6 Å². The van der Waals surface area contributed by atoms with E-state index in [2.05, 4.69) is 0 Å². The molecule has 2 unspecified atom stereocenters. The smallest absolute Gasteiger partial charge is 0.273 e. The number of likely N-dealkylation sites (tertiary alicyclic amines) is 1. The van der Waals surface area contributed by atoms with Gasteiger partial charge in [0.05, 0.1) is 11.0 Å². The van der Waals surface area contributed by atoms with Gasteiger partial charge in [0.15, 0.2) is 0 Å². The third-order valence-electron chi connectivity index (χ3n) is 3.93. The van der Waals surface area contributed by atoms with Crippen molar-refractivity contribution in [2.24, 2.45) is 5.92 Å². The number of carbonyl (C=O) groups is 1. The molecule has 1 N–H and O–H groups in total. The van der Waals surface area contributed by atoms with Gasteiger partial charge in [-0.15, -0.1) is 0 Å². The van der Waals surface area contributed by atoms with Gasteiger partial charge in [0, 0.05) is 36.2 Å². The number of amides is 1. The van der Waals surface area contributed by atoms with Crippen molar-refractivity contribution in [3.63, 3.8) is 0 Å². The van der Waals surface area contributed by atoms with E-state index in [1.165, 1.54) is 12.1 Å². The summed E-state index contributed by atoms with van der Waals surface area (Å²) in [6, 6.07) is 4.54. The highest BCUT2D eigenvalue weighted by atomic mass is 16.6. The molecule has 0 aliphatic carbocycles. The second kappa shape index (κ2) is 5.58. The number of aliphatic hydroxyl groups is 1. The summed E-state index contributed by atoms with van der Waals surface area (Å²) in [6.45, 7) is 4.39. The van der Waals surface area contributed by atoms with Crippen molar-refractivity contribution in [3.05, 3.63) is 39.4 Å². The van der Waals surface area contributed by atoms with Gasteiger partial charge in [0.1, 0.15) is 0 Å². The molecule has 2 atom stereocenters. The third-order valence-corrected chi connectivity index (χ3v) is 3.93. The molecule has 1 amide bonds. The molecule has 6 heteroatoms. The Morgan fingerprint density at radius 1 is 1.55 bits per heavy atom. The fourth-order valence-electron chi connectivity index (χ4n) is 2.59. The molecule has 0 bridgehead atoms. The predicted octanol–water partition coefficient (Wildman–Crippen LogP) is 1.75. The lowest BCUT2D eigenvalue weighted by atomic mass is 10.0. The highest BCUT2D eigenvalue weighted by molar-refractivity contribution is 5.96. The van der Waals surface area contributed by atoms with E-state index >= 15 is 0 Å². The van der Waals surface area contributed by atoms with Crippen molar-refractivity contribution in [2.75, 3.05) is 13.1 Å². The van der Waals surface area contributed by atoms with Crippen LogP contribution in [0.4, 0.5) is 5.69 Å². The molecule has 2 rings (SSSR count). The maximum atomic E-state index is 12.4. The van der Waals surface area contributed by atoms with Gasteiger partial charge < -0.3 is 10.0 Å². The van der Waals surface area contributed by atoms with Crippen molar-refractivity contribution in [3.8, 4) is 0 Å². The number of carbonyl (C=O) groups excluding carboxylic acids is 1. The minimum Gasteiger partial charge on any atom is -0.393 e. The van der Waals surface area contributed by atoms with Crippen LogP contribution in [0.1, 0.15) is 29.3 Å². The molecule has 0 aromatic heterocycles. The molecule has 108 valence electrons. The minimum absolute atomic E-state index is 0.0397. The Morgan fingerprint density at radius 2 is 2.25 bits per heavy atom. The van der Waals surface area contributed by atoms with Crippen LogP contribution >= 0.6 is 0 Å². The first-order valence-corrected chi connectivity index (χ1v) is 6.63. The van der Waals surface area contributed by atoms with Crippen LogP contribution < -0.4 is 0 Å². The maximum absolute atomic E-state index is 12.4. The van der Waals surface area contributed by atoms with Crippen LogP contribution in [-0.2, 0) is 0 Å². The minimum atomic E-state index is -0.477. The summed E-state index contributed by atoms with van der Waals surface area (Å²) in [5.41, 5.74) is 0.718. The zero-order valence-electron chi connectivity index (χ0n) is 11.6. The molecule has 1 heterocycles. The summed E-state index contributed by atoms with van der Waals surface area (Å²) in [5.74, 6) is -0.118. The fraction of sp³-hybridized carbons (Fsp3) is 0.500. The van der Waals surface area contributed by atoms with Crippen LogP contribution in [0, 0.1) is 23.0 Å². The van der Waals surface area contributed by atoms with Crippen molar-refractivity contribution in [1.29, 1.82) is 0 Å². The summed E-state index contributed by atoms with van der Waals surface area (Å²) >= 11 is 0. The van der Waals surface area contributed by atoms with E-state index in [1.54, 1.807) is 24.8 Å². The van der Waals surface area contributed by atoms with Crippen molar-refractivity contribution >= 4 is 11.6 Å². The topological polar surface area (TPSA) is 83.7 Å². The van der Waals surface area contributed by atoms with E-state index in [1.807, 2.05) is 0 Å². The summed E-state index contributed by atoms with van der Waals surface area (Å²) in [6.07, 6.45) is 0.316. The Labute approximate surface area is 117 Å². The largest absolute Gasteiger partial charge is 0.393 e. The number of aliphatic hydroxyl groups excluding tert-OH is 1. The molecule has 1 aliphatic heterocycles. The number of benzene rings is 1. The maximum Gasteiger partial charge on any atom is 0.273 e. The lowest BCUT2D eigenvalue weighted by Gasteiger charge is -2.18. The fourth-order valence-corrected chi connectivity index (χ4v) is 2.59. The molecule has 1 fully saturated rings. The van der Waals surface area contributed by atoms with Crippen LogP contribution in [0.5, 0.6) is 0 Å². The van der Waals surface area contributed by atoms with Crippen molar-refractivity contribution in [2.45, 2.75) is 26.4 Å². The second-order valence-electron chi connectivity index (χ2n) is 5.25. The Hall–Kier alpha value is -1.95.